The highest BCUT2D eigenvalue weighted by Crippen LogP contribution is 2.23. The van der Waals surface area contributed by atoms with Crippen LogP contribution in [0.25, 0.3) is 22.3 Å². The maximum atomic E-state index is 12.5. The van der Waals surface area contributed by atoms with E-state index in [0.717, 1.165) is 16.7 Å². The van der Waals surface area contributed by atoms with Crippen LogP contribution in [-0.4, -0.2) is 33.9 Å². The number of fused-ring (bicyclic) bond motifs is 1. The molecule has 6 nitrogen and oxygen atoms in total. The lowest BCUT2D eigenvalue weighted by atomic mass is 10.1. The summed E-state index contributed by atoms with van der Waals surface area (Å²) in [6, 6.07) is 7.50. The van der Waals surface area contributed by atoms with Gasteiger partial charge < -0.3 is 19.0 Å². The van der Waals surface area contributed by atoms with Crippen LogP contribution in [0.5, 0.6) is 5.75 Å². The molecule has 1 atom stereocenters. The van der Waals surface area contributed by atoms with Gasteiger partial charge in [0.2, 0.25) is 0 Å². The van der Waals surface area contributed by atoms with Gasteiger partial charge in [0.1, 0.15) is 11.6 Å². The predicted molar refractivity (Wildman–Crippen MR) is 98.0 cm³/mol. The van der Waals surface area contributed by atoms with Crippen molar-refractivity contribution in [2.75, 3.05) is 13.2 Å². The van der Waals surface area contributed by atoms with Gasteiger partial charge in [-0.2, -0.15) is 0 Å². The van der Waals surface area contributed by atoms with E-state index in [1.165, 1.54) is 0 Å². The third-order valence-electron chi connectivity index (χ3n) is 3.99. The highest BCUT2D eigenvalue weighted by molar-refractivity contribution is 5.83. The van der Waals surface area contributed by atoms with Crippen molar-refractivity contribution in [2.24, 2.45) is 0 Å². The third kappa shape index (κ3) is 3.74. The Kier molecular flexibility index (Phi) is 5.19. The first-order valence-electron chi connectivity index (χ1n) is 8.55. The third-order valence-corrected chi connectivity index (χ3v) is 3.99. The van der Waals surface area contributed by atoms with E-state index in [-0.39, 0.29) is 11.7 Å². The van der Waals surface area contributed by atoms with Crippen LogP contribution in [0.3, 0.4) is 0 Å². The van der Waals surface area contributed by atoms with Crippen LogP contribution < -0.4 is 10.3 Å². The molecule has 0 saturated carbocycles. The van der Waals surface area contributed by atoms with Crippen LogP contribution in [0, 0.1) is 0 Å². The second-order valence-electron chi connectivity index (χ2n) is 5.86. The molecule has 0 bridgehead atoms. The zero-order chi connectivity index (χ0) is 17.8. The fourth-order valence-corrected chi connectivity index (χ4v) is 2.92. The maximum absolute atomic E-state index is 12.5. The Labute approximate surface area is 146 Å². The summed E-state index contributed by atoms with van der Waals surface area (Å²) >= 11 is 0. The first kappa shape index (κ1) is 17.2. The van der Waals surface area contributed by atoms with Crippen molar-refractivity contribution in [2.45, 2.75) is 33.4 Å². The van der Waals surface area contributed by atoms with Crippen LogP contribution in [0.15, 0.2) is 41.5 Å². The molecule has 2 aromatic heterocycles. The van der Waals surface area contributed by atoms with E-state index in [2.05, 4.69) is 9.97 Å². The molecular formula is C19H23N3O3. The molecule has 6 heteroatoms. The molecule has 132 valence electrons. The van der Waals surface area contributed by atoms with E-state index in [1.807, 2.05) is 55.8 Å². The van der Waals surface area contributed by atoms with Gasteiger partial charge in [-0.1, -0.05) is 0 Å². The number of benzene rings is 1. The molecule has 0 aliphatic rings. The molecule has 1 N–H and O–H groups in total. The van der Waals surface area contributed by atoms with Gasteiger partial charge in [0, 0.05) is 29.9 Å². The van der Waals surface area contributed by atoms with E-state index in [0.29, 0.717) is 31.1 Å². The Morgan fingerprint density at radius 1 is 1.24 bits per heavy atom. The van der Waals surface area contributed by atoms with Crippen molar-refractivity contribution >= 4 is 10.9 Å². The number of hydrogen-bond donors (Lipinski definition) is 1. The molecule has 0 spiro atoms. The van der Waals surface area contributed by atoms with Gasteiger partial charge in [0.05, 0.1) is 24.8 Å². The number of H-pyrrole nitrogens is 1. The van der Waals surface area contributed by atoms with Crippen molar-refractivity contribution in [1.29, 1.82) is 0 Å². The summed E-state index contributed by atoms with van der Waals surface area (Å²) in [6.45, 7) is 7.81. The lowest BCUT2D eigenvalue weighted by Gasteiger charge is -2.14. The van der Waals surface area contributed by atoms with Gasteiger partial charge in [0.15, 0.2) is 0 Å². The molecule has 0 fully saturated rings. The number of hydrogen-bond acceptors (Lipinski definition) is 4. The van der Waals surface area contributed by atoms with Gasteiger partial charge in [-0.05, 0) is 45.0 Å². The number of pyridine rings is 1. The summed E-state index contributed by atoms with van der Waals surface area (Å²) in [4.78, 5) is 19.8. The van der Waals surface area contributed by atoms with Crippen LogP contribution in [-0.2, 0) is 11.3 Å². The number of aromatic nitrogens is 3. The number of aromatic amines is 1. The molecule has 0 aliphatic carbocycles. The molecule has 0 saturated heterocycles. The number of ether oxygens (including phenoxy) is 2. The van der Waals surface area contributed by atoms with Crippen molar-refractivity contribution in [3.05, 3.63) is 47.0 Å². The lowest BCUT2D eigenvalue weighted by Crippen LogP contribution is -2.18. The van der Waals surface area contributed by atoms with E-state index < -0.39 is 0 Å². The lowest BCUT2D eigenvalue weighted by molar-refractivity contribution is 0.0643. The smallest absolute Gasteiger partial charge is 0.259 e. The van der Waals surface area contributed by atoms with Crippen LogP contribution in [0.1, 0.15) is 20.8 Å². The summed E-state index contributed by atoms with van der Waals surface area (Å²) in [5, 5.41) is 0.910. The van der Waals surface area contributed by atoms with Gasteiger partial charge in [0.25, 0.3) is 5.56 Å². The Morgan fingerprint density at radius 2 is 2.08 bits per heavy atom. The van der Waals surface area contributed by atoms with Gasteiger partial charge >= 0.3 is 0 Å². The van der Waals surface area contributed by atoms with Crippen molar-refractivity contribution in [3.8, 4) is 17.1 Å². The largest absolute Gasteiger partial charge is 0.494 e. The van der Waals surface area contributed by atoms with E-state index >= 15 is 0 Å². The average molecular weight is 341 g/mol. The molecule has 0 radical (unpaired) electrons. The Bertz CT molecular complexity index is 914. The van der Waals surface area contributed by atoms with E-state index in [1.54, 1.807) is 6.20 Å². The second-order valence-corrected chi connectivity index (χ2v) is 5.86. The molecule has 25 heavy (non-hydrogen) atoms. The summed E-state index contributed by atoms with van der Waals surface area (Å²) in [7, 11) is 0. The monoisotopic (exact) mass is 341 g/mol. The van der Waals surface area contributed by atoms with E-state index in [4.69, 9.17) is 9.47 Å². The molecule has 3 rings (SSSR count). The average Bonchev–Trinajstić information content (AvgIpc) is 3.03. The maximum Gasteiger partial charge on any atom is 0.259 e. The van der Waals surface area contributed by atoms with Crippen LogP contribution >= 0.6 is 0 Å². The minimum atomic E-state index is -0.159. The van der Waals surface area contributed by atoms with Gasteiger partial charge in [-0.3, -0.25) is 4.79 Å². The number of imidazole rings is 1. The van der Waals surface area contributed by atoms with Crippen molar-refractivity contribution in [1.82, 2.24) is 14.5 Å². The Hall–Kier alpha value is -2.60. The highest BCUT2D eigenvalue weighted by Gasteiger charge is 2.14. The normalized spacial score (nSPS) is 12.4. The molecule has 0 amide bonds. The second kappa shape index (κ2) is 7.53. The molecule has 2 heterocycles. The first-order valence-corrected chi connectivity index (χ1v) is 8.55. The van der Waals surface area contributed by atoms with Gasteiger partial charge in [-0.15, -0.1) is 0 Å². The highest BCUT2D eigenvalue weighted by atomic mass is 16.5. The molecular weight excluding hydrogens is 318 g/mol. The summed E-state index contributed by atoms with van der Waals surface area (Å²) in [5.41, 5.74) is 1.15. The number of rotatable bonds is 7. The predicted octanol–water partition coefficient (Wildman–Crippen LogP) is 3.22. The summed E-state index contributed by atoms with van der Waals surface area (Å²) in [5.74, 6) is 1.41. The SMILES string of the molecule is CCOc1ccc2[nH]c(=O)c(-c3nccn3CC(C)OCC)cc2c1. The van der Waals surface area contributed by atoms with Crippen molar-refractivity contribution < 1.29 is 9.47 Å². The van der Waals surface area contributed by atoms with Gasteiger partial charge in [-0.25, -0.2) is 4.98 Å². The van der Waals surface area contributed by atoms with E-state index in [9.17, 15) is 4.79 Å². The van der Waals surface area contributed by atoms with Crippen molar-refractivity contribution in [3.63, 3.8) is 0 Å². The minimum absolute atomic E-state index is 0.0436. The fourth-order valence-electron chi connectivity index (χ4n) is 2.92. The molecule has 1 unspecified atom stereocenters. The Balaban J connectivity index is 2.02. The fraction of sp³-hybridized carbons (Fsp3) is 0.368. The van der Waals surface area contributed by atoms with Crippen LogP contribution in [0.4, 0.5) is 0 Å². The zero-order valence-corrected chi connectivity index (χ0v) is 14.8. The molecule has 0 aliphatic heterocycles. The standard InChI is InChI=1S/C19H23N3O3/c1-4-24-13(3)12-22-9-8-20-18(22)16-11-14-10-15(25-5-2)6-7-17(14)21-19(16)23/h6-11,13H,4-5,12H2,1-3H3,(H,21,23). The summed E-state index contributed by atoms with van der Waals surface area (Å²) < 4.78 is 13.1. The first-order chi connectivity index (χ1) is 12.1. The molecule has 1 aromatic carbocycles. The summed E-state index contributed by atoms with van der Waals surface area (Å²) in [6.07, 6.45) is 3.61. The quantitative estimate of drug-likeness (QED) is 0.716. The molecule has 3 aromatic rings. The zero-order valence-electron chi connectivity index (χ0n) is 14.8. The van der Waals surface area contributed by atoms with Crippen LogP contribution in [0.2, 0.25) is 0 Å². The topological polar surface area (TPSA) is 69.1 Å². The minimum Gasteiger partial charge on any atom is -0.494 e. The number of nitrogens with zero attached hydrogens (tertiary/aromatic N) is 2. The number of nitrogens with one attached hydrogen (secondary N) is 1. The Morgan fingerprint density at radius 3 is 2.84 bits per heavy atom.